The average molecular weight is 434 g/mol. The number of anilines is 1. The highest BCUT2D eigenvalue weighted by Gasteiger charge is 2.21. The first-order chi connectivity index (χ1) is 15.4. The molecule has 0 saturated carbocycles. The lowest BCUT2D eigenvalue weighted by Gasteiger charge is -2.28. The van der Waals surface area contributed by atoms with E-state index < -0.39 is 0 Å². The molecule has 0 radical (unpaired) electrons. The number of ether oxygens (including phenoxy) is 1. The van der Waals surface area contributed by atoms with Gasteiger partial charge in [0.1, 0.15) is 6.26 Å². The van der Waals surface area contributed by atoms with E-state index in [9.17, 15) is 0 Å². The predicted octanol–water partition coefficient (Wildman–Crippen LogP) is 4.11. The van der Waals surface area contributed by atoms with Crippen LogP contribution in [0.3, 0.4) is 0 Å². The first kappa shape index (κ1) is 19.8. The third-order valence-corrected chi connectivity index (χ3v) is 6.10. The van der Waals surface area contributed by atoms with Gasteiger partial charge in [-0.25, -0.2) is 4.98 Å². The van der Waals surface area contributed by atoms with Crippen molar-refractivity contribution in [2.75, 3.05) is 31.2 Å². The largest absolute Gasteiger partial charge is 0.444 e. The second-order valence-electron chi connectivity index (χ2n) is 7.25. The molecule has 0 N–H and O–H groups in total. The van der Waals surface area contributed by atoms with Gasteiger partial charge in [-0.15, -0.1) is 10.2 Å². The Morgan fingerprint density at radius 1 is 0.903 bits per heavy atom. The Labute approximate surface area is 185 Å². The van der Waals surface area contributed by atoms with Crippen molar-refractivity contribution in [3.63, 3.8) is 0 Å². The molecular weight excluding hydrogens is 410 g/mol. The van der Waals surface area contributed by atoms with Crippen LogP contribution in [0.15, 0.2) is 76.5 Å². The molecule has 8 heteroatoms. The van der Waals surface area contributed by atoms with E-state index in [0.717, 1.165) is 42.0 Å². The maximum absolute atomic E-state index is 5.68. The number of oxazole rings is 1. The fraction of sp³-hybridized carbons (Fsp3) is 0.261. The number of rotatable bonds is 7. The fourth-order valence-electron chi connectivity index (χ4n) is 3.51. The SMILES string of the molecule is c1ccc(Cn2c(SCc3coc(-c4ccccc4)n3)nnc2N2CCOCC2)cc1. The average Bonchev–Trinajstić information content (AvgIpc) is 3.47. The van der Waals surface area contributed by atoms with Crippen LogP contribution in [0.2, 0.25) is 0 Å². The van der Waals surface area contributed by atoms with E-state index in [1.807, 2.05) is 36.4 Å². The number of morpholine rings is 1. The molecule has 1 aliphatic heterocycles. The van der Waals surface area contributed by atoms with Crippen LogP contribution < -0.4 is 4.90 Å². The van der Waals surface area contributed by atoms with Gasteiger partial charge in [0.25, 0.3) is 0 Å². The summed E-state index contributed by atoms with van der Waals surface area (Å²) in [5.41, 5.74) is 3.07. The van der Waals surface area contributed by atoms with E-state index in [1.54, 1.807) is 18.0 Å². The van der Waals surface area contributed by atoms with Crippen LogP contribution >= 0.6 is 11.8 Å². The molecule has 3 heterocycles. The first-order valence-electron chi connectivity index (χ1n) is 10.3. The minimum absolute atomic E-state index is 0.635. The van der Waals surface area contributed by atoms with Crippen LogP contribution in [-0.4, -0.2) is 46.1 Å². The molecule has 0 bridgehead atoms. The van der Waals surface area contributed by atoms with E-state index in [-0.39, 0.29) is 0 Å². The molecule has 158 valence electrons. The van der Waals surface area contributed by atoms with Gasteiger partial charge in [-0.1, -0.05) is 60.3 Å². The minimum Gasteiger partial charge on any atom is -0.444 e. The van der Waals surface area contributed by atoms with E-state index in [1.165, 1.54) is 5.56 Å². The quantitative estimate of drug-likeness (QED) is 0.406. The Morgan fingerprint density at radius 3 is 2.42 bits per heavy atom. The number of aromatic nitrogens is 4. The molecule has 7 nitrogen and oxygen atoms in total. The Hall–Kier alpha value is -3.10. The van der Waals surface area contributed by atoms with Gasteiger partial charge in [-0.3, -0.25) is 4.57 Å². The van der Waals surface area contributed by atoms with Crippen molar-refractivity contribution in [2.24, 2.45) is 0 Å². The summed E-state index contributed by atoms with van der Waals surface area (Å²) in [4.78, 5) is 6.88. The zero-order valence-corrected chi connectivity index (χ0v) is 17.9. The summed E-state index contributed by atoms with van der Waals surface area (Å²) in [6.45, 7) is 3.78. The van der Waals surface area contributed by atoms with E-state index in [2.05, 4.69) is 48.9 Å². The summed E-state index contributed by atoms with van der Waals surface area (Å²) in [6.07, 6.45) is 1.72. The molecule has 0 unspecified atom stereocenters. The van der Waals surface area contributed by atoms with E-state index in [0.29, 0.717) is 24.9 Å². The number of thioether (sulfide) groups is 1. The first-order valence-corrected chi connectivity index (χ1v) is 11.3. The number of nitrogens with zero attached hydrogens (tertiary/aromatic N) is 5. The van der Waals surface area contributed by atoms with E-state index >= 15 is 0 Å². The van der Waals surface area contributed by atoms with Gasteiger partial charge in [0.2, 0.25) is 11.8 Å². The summed E-state index contributed by atoms with van der Waals surface area (Å²) in [5, 5.41) is 9.89. The van der Waals surface area contributed by atoms with Crippen LogP contribution in [-0.2, 0) is 17.0 Å². The summed E-state index contributed by atoms with van der Waals surface area (Å²) in [5.74, 6) is 2.18. The molecule has 1 fully saturated rings. The third-order valence-electron chi connectivity index (χ3n) is 5.10. The highest BCUT2D eigenvalue weighted by Crippen LogP contribution is 2.28. The third kappa shape index (κ3) is 4.65. The monoisotopic (exact) mass is 433 g/mol. The number of hydrogen-bond donors (Lipinski definition) is 0. The Balaban J connectivity index is 1.36. The summed E-state index contributed by atoms with van der Waals surface area (Å²) >= 11 is 1.62. The van der Waals surface area contributed by atoms with Gasteiger partial charge in [0, 0.05) is 24.4 Å². The molecule has 5 rings (SSSR count). The fourth-order valence-corrected chi connectivity index (χ4v) is 4.32. The highest BCUT2D eigenvalue weighted by molar-refractivity contribution is 7.98. The molecule has 1 aliphatic rings. The highest BCUT2D eigenvalue weighted by atomic mass is 32.2. The maximum Gasteiger partial charge on any atom is 0.228 e. The normalized spacial score (nSPS) is 14.1. The van der Waals surface area contributed by atoms with Crippen LogP contribution in [0.25, 0.3) is 11.5 Å². The molecule has 2 aromatic heterocycles. The van der Waals surface area contributed by atoms with Crippen molar-refractivity contribution in [2.45, 2.75) is 17.5 Å². The van der Waals surface area contributed by atoms with Crippen LogP contribution in [0, 0.1) is 0 Å². The Morgan fingerprint density at radius 2 is 1.65 bits per heavy atom. The van der Waals surface area contributed by atoms with Gasteiger partial charge in [-0.2, -0.15) is 0 Å². The van der Waals surface area contributed by atoms with Crippen molar-refractivity contribution in [1.82, 2.24) is 19.7 Å². The Bertz CT molecular complexity index is 1110. The smallest absolute Gasteiger partial charge is 0.228 e. The second-order valence-corrected chi connectivity index (χ2v) is 8.19. The van der Waals surface area contributed by atoms with Gasteiger partial charge in [-0.05, 0) is 17.7 Å². The molecule has 1 saturated heterocycles. The maximum atomic E-state index is 5.68. The van der Waals surface area contributed by atoms with Crippen molar-refractivity contribution in [1.29, 1.82) is 0 Å². The summed E-state index contributed by atoms with van der Waals surface area (Å²) in [7, 11) is 0. The second kappa shape index (κ2) is 9.36. The van der Waals surface area contributed by atoms with Crippen LogP contribution in [0.1, 0.15) is 11.3 Å². The molecule has 0 atom stereocenters. The predicted molar refractivity (Wildman–Crippen MR) is 120 cm³/mol. The van der Waals surface area contributed by atoms with Crippen LogP contribution in [0.5, 0.6) is 0 Å². The molecule has 4 aromatic rings. The van der Waals surface area contributed by atoms with Gasteiger partial charge in [0.05, 0.1) is 25.5 Å². The van der Waals surface area contributed by atoms with Gasteiger partial charge in [0.15, 0.2) is 5.16 Å². The molecule has 0 amide bonds. The van der Waals surface area contributed by atoms with Crippen molar-refractivity contribution >= 4 is 17.7 Å². The standard InChI is InChI=1S/C23H23N5O2S/c1-3-7-18(8-4-1)15-28-22(27-11-13-29-14-12-27)25-26-23(28)31-17-20-16-30-21(24-20)19-9-5-2-6-10-19/h1-10,16H,11-15,17H2. The molecule has 0 aliphatic carbocycles. The minimum atomic E-state index is 0.635. The lowest BCUT2D eigenvalue weighted by atomic mass is 10.2. The topological polar surface area (TPSA) is 69.2 Å². The van der Waals surface area contributed by atoms with Crippen molar-refractivity contribution < 1.29 is 9.15 Å². The van der Waals surface area contributed by atoms with Crippen molar-refractivity contribution in [3.05, 3.63) is 78.2 Å². The summed E-state index contributed by atoms with van der Waals surface area (Å²) < 4.78 is 13.4. The molecular formula is C23H23N5O2S. The van der Waals surface area contributed by atoms with Crippen LogP contribution in [0.4, 0.5) is 5.95 Å². The number of benzene rings is 2. The van der Waals surface area contributed by atoms with Gasteiger partial charge < -0.3 is 14.1 Å². The molecule has 31 heavy (non-hydrogen) atoms. The zero-order chi connectivity index (χ0) is 20.9. The zero-order valence-electron chi connectivity index (χ0n) is 17.1. The van der Waals surface area contributed by atoms with E-state index in [4.69, 9.17) is 9.15 Å². The summed E-state index contributed by atoms with van der Waals surface area (Å²) in [6, 6.07) is 20.3. The lowest BCUT2D eigenvalue weighted by Crippen LogP contribution is -2.38. The Kier molecular flexibility index (Phi) is 5.99. The lowest BCUT2D eigenvalue weighted by molar-refractivity contribution is 0.121. The number of hydrogen-bond acceptors (Lipinski definition) is 7. The molecule has 0 spiro atoms. The molecule has 2 aromatic carbocycles. The van der Waals surface area contributed by atoms with Gasteiger partial charge >= 0.3 is 0 Å². The van der Waals surface area contributed by atoms with Crippen molar-refractivity contribution in [3.8, 4) is 11.5 Å².